The molecule has 2 aromatic carbocycles. The topological polar surface area (TPSA) is 58.4 Å². The number of fused-ring (bicyclic) bond motifs is 1. The minimum absolute atomic E-state index is 0.0917. The summed E-state index contributed by atoms with van der Waals surface area (Å²) in [6, 6.07) is 14.8. The van der Waals surface area contributed by atoms with E-state index < -0.39 is 0 Å². The van der Waals surface area contributed by atoms with Crippen LogP contribution < -0.4 is 5.56 Å². The van der Waals surface area contributed by atoms with Crippen LogP contribution in [0.4, 0.5) is 0 Å². The van der Waals surface area contributed by atoms with E-state index in [1.165, 1.54) is 4.68 Å². The van der Waals surface area contributed by atoms with Crippen molar-refractivity contribution in [2.24, 2.45) is 0 Å². The normalized spacial score (nSPS) is 11.2. The maximum absolute atomic E-state index is 13.1. The van der Waals surface area contributed by atoms with Gasteiger partial charge in [0.2, 0.25) is 5.91 Å². The molecule has 0 spiro atoms. The van der Waals surface area contributed by atoms with Gasteiger partial charge in [-0.25, -0.2) is 4.68 Å². The van der Waals surface area contributed by atoms with Crippen molar-refractivity contribution in [1.29, 1.82) is 0 Å². The number of nitrogens with zero attached hydrogens (tertiary/aromatic N) is 4. The summed E-state index contributed by atoms with van der Waals surface area (Å²) < 4.78 is 1.27. The zero-order valence-electron chi connectivity index (χ0n) is 16.9. The molecule has 0 radical (unpaired) electrons. The highest BCUT2D eigenvalue weighted by atomic mass is 35.5. The summed E-state index contributed by atoms with van der Waals surface area (Å²) >= 11 is 5.97. The highest BCUT2D eigenvalue weighted by Gasteiger charge is 2.17. The molecule has 1 heterocycles. The Hall–Kier alpha value is -2.70. The van der Waals surface area contributed by atoms with Crippen LogP contribution in [0.5, 0.6) is 0 Å². The van der Waals surface area contributed by atoms with Crippen LogP contribution in [0.15, 0.2) is 53.3 Å². The van der Waals surface area contributed by atoms with Crippen LogP contribution in [0.25, 0.3) is 10.8 Å². The molecule has 0 unspecified atom stereocenters. The second-order valence-corrected chi connectivity index (χ2v) is 7.78. The molecule has 0 aliphatic rings. The minimum atomic E-state index is -0.251. The third-order valence-corrected chi connectivity index (χ3v) is 5.05. The molecule has 0 aliphatic heterocycles. The summed E-state index contributed by atoms with van der Waals surface area (Å²) in [4.78, 5) is 29.7. The van der Waals surface area contributed by atoms with Gasteiger partial charge in [0.15, 0.2) is 0 Å². The molecule has 0 bridgehead atoms. The molecule has 3 rings (SSSR count). The second-order valence-electron chi connectivity index (χ2n) is 7.34. The summed E-state index contributed by atoms with van der Waals surface area (Å²) in [7, 11) is 3.92. The van der Waals surface area contributed by atoms with Gasteiger partial charge in [0.1, 0.15) is 6.54 Å². The SMILES string of the molecule is Cc1nn(CC(=O)N(CCN(C)C)Cc2ccc(Cl)cc2)c(=O)c2ccccc12. The third-order valence-electron chi connectivity index (χ3n) is 4.79. The van der Waals surface area contributed by atoms with Crippen LogP contribution in [0.2, 0.25) is 5.02 Å². The lowest BCUT2D eigenvalue weighted by atomic mass is 10.1. The van der Waals surface area contributed by atoms with Gasteiger partial charge >= 0.3 is 0 Å². The van der Waals surface area contributed by atoms with Gasteiger partial charge in [-0.05, 0) is 44.8 Å². The molecular formula is C22H25ClN4O2. The van der Waals surface area contributed by atoms with Crippen molar-refractivity contribution in [2.75, 3.05) is 27.2 Å². The molecule has 6 nitrogen and oxygen atoms in total. The molecule has 0 saturated carbocycles. The van der Waals surface area contributed by atoms with Crippen molar-refractivity contribution in [2.45, 2.75) is 20.0 Å². The Balaban J connectivity index is 1.85. The fourth-order valence-corrected chi connectivity index (χ4v) is 3.29. The first-order valence-electron chi connectivity index (χ1n) is 9.48. The van der Waals surface area contributed by atoms with Crippen LogP contribution in [0, 0.1) is 6.92 Å². The van der Waals surface area contributed by atoms with Crippen molar-refractivity contribution < 1.29 is 4.79 Å². The minimum Gasteiger partial charge on any atom is -0.335 e. The van der Waals surface area contributed by atoms with E-state index in [2.05, 4.69) is 5.10 Å². The number of aryl methyl sites for hydroxylation is 1. The molecular weight excluding hydrogens is 388 g/mol. The first-order valence-corrected chi connectivity index (χ1v) is 9.86. The Bertz CT molecular complexity index is 1060. The van der Waals surface area contributed by atoms with Gasteiger partial charge in [-0.15, -0.1) is 0 Å². The summed E-state index contributed by atoms with van der Waals surface area (Å²) in [5.74, 6) is -0.147. The number of amides is 1. The average molecular weight is 413 g/mol. The summed E-state index contributed by atoms with van der Waals surface area (Å²) in [5.41, 5.74) is 1.46. The van der Waals surface area contributed by atoms with Crippen LogP contribution in [-0.4, -0.2) is 52.7 Å². The van der Waals surface area contributed by atoms with E-state index in [1.54, 1.807) is 11.0 Å². The molecule has 1 amide bonds. The first kappa shape index (κ1) is 21.0. The standard InChI is InChI=1S/C22H25ClN4O2/c1-16-19-6-4-5-7-20(19)22(29)27(24-16)15-21(28)26(13-12-25(2)3)14-17-8-10-18(23)11-9-17/h4-11H,12-15H2,1-3H3. The fourth-order valence-electron chi connectivity index (χ4n) is 3.16. The van der Waals surface area contributed by atoms with Gasteiger partial charge in [0, 0.05) is 30.0 Å². The van der Waals surface area contributed by atoms with Gasteiger partial charge < -0.3 is 9.80 Å². The number of hydrogen-bond donors (Lipinski definition) is 0. The maximum Gasteiger partial charge on any atom is 0.275 e. The molecule has 0 atom stereocenters. The van der Waals surface area contributed by atoms with Crippen LogP contribution in [0.1, 0.15) is 11.3 Å². The maximum atomic E-state index is 13.1. The quantitative estimate of drug-likeness (QED) is 0.598. The molecule has 1 aromatic heterocycles. The average Bonchev–Trinajstić information content (AvgIpc) is 2.70. The molecule has 3 aromatic rings. The Morgan fingerprint density at radius 1 is 1.03 bits per heavy atom. The summed E-state index contributed by atoms with van der Waals surface area (Å²) in [6.45, 7) is 3.48. The molecule has 7 heteroatoms. The largest absolute Gasteiger partial charge is 0.335 e. The fraction of sp³-hybridized carbons (Fsp3) is 0.318. The molecule has 0 fully saturated rings. The van der Waals surface area contributed by atoms with E-state index in [0.717, 1.165) is 23.2 Å². The van der Waals surface area contributed by atoms with Crippen molar-refractivity contribution >= 4 is 28.3 Å². The lowest BCUT2D eigenvalue weighted by Gasteiger charge is -2.25. The smallest absolute Gasteiger partial charge is 0.275 e. The second kappa shape index (κ2) is 9.20. The van der Waals surface area contributed by atoms with E-state index in [-0.39, 0.29) is 18.0 Å². The number of aromatic nitrogens is 2. The zero-order chi connectivity index (χ0) is 21.0. The van der Waals surface area contributed by atoms with Crippen molar-refractivity contribution in [3.63, 3.8) is 0 Å². The number of halogens is 1. The number of rotatable bonds is 7. The molecule has 0 N–H and O–H groups in total. The van der Waals surface area contributed by atoms with Crippen molar-refractivity contribution in [1.82, 2.24) is 19.6 Å². The predicted octanol–water partition coefficient (Wildman–Crippen LogP) is 2.95. The van der Waals surface area contributed by atoms with Gasteiger partial charge in [-0.1, -0.05) is 41.9 Å². The van der Waals surface area contributed by atoms with Crippen LogP contribution in [-0.2, 0) is 17.9 Å². The van der Waals surface area contributed by atoms with Gasteiger partial charge in [0.05, 0.1) is 11.1 Å². The van der Waals surface area contributed by atoms with E-state index >= 15 is 0 Å². The first-order chi connectivity index (χ1) is 13.8. The lowest BCUT2D eigenvalue weighted by molar-refractivity contribution is -0.132. The Morgan fingerprint density at radius 2 is 1.69 bits per heavy atom. The van der Waals surface area contributed by atoms with Gasteiger partial charge in [-0.3, -0.25) is 9.59 Å². The number of carbonyl (C=O) groups is 1. The molecule has 0 saturated heterocycles. The number of likely N-dealkylation sites (N-methyl/N-ethyl adjacent to an activating group) is 1. The van der Waals surface area contributed by atoms with E-state index in [1.807, 2.05) is 68.4 Å². The Kier molecular flexibility index (Phi) is 6.67. The Morgan fingerprint density at radius 3 is 2.34 bits per heavy atom. The van der Waals surface area contributed by atoms with E-state index in [0.29, 0.717) is 23.5 Å². The lowest BCUT2D eigenvalue weighted by Crippen LogP contribution is -2.40. The molecule has 152 valence electrons. The number of hydrogen-bond acceptors (Lipinski definition) is 4. The highest BCUT2D eigenvalue weighted by Crippen LogP contribution is 2.13. The summed E-state index contributed by atoms with van der Waals surface area (Å²) in [5, 5.41) is 6.41. The van der Waals surface area contributed by atoms with Gasteiger partial charge in [0.25, 0.3) is 5.56 Å². The molecule has 0 aliphatic carbocycles. The van der Waals surface area contributed by atoms with E-state index in [9.17, 15) is 9.59 Å². The van der Waals surface area contributed by atoms with E-state index in [4.69, 9.17) is 11.6 Å². The van der Waals surface area contributed by atoms with Crippen LogP contribution in [0.3, 0.4) is 0 Å². The molecule has 29 heavy (non-hydrogen) atoms. The summed E-state index contributed by atoms with van der Waals surface area (Å²) in [6.07, 6.45) is 0. The van der Waals surface area contributed by atoms with Crippen molar-refractivity contribution in [3.8, 4) is 0 Å². The Labute approximate surface area is 175 Å². The van der Waals surface area contributed by atoms with Crippen LogP contribution >= 0.6 is 11.6 Å². The number of carbonyl (C=O) groups excluding carboxylic acids is 1. The van der Waals surface area contributed by atoms with Crippen molar-refractivity contribution in [3.05, 3.63) is 75.2 Å². The predicted molar refractivity (Wildman–Crippen MR) is 116 cm³/mol. The highest BCUT2D eigenvalue weighted by molar-refractivity contribution is 6.30. The zero-order valence-corrected chi connectivity index (χ0v) is 17.7. The monoisotopic (exact) mass is 412 g/mol. The number of benzene rings is 2. The van der Waals surface area contributed by atoms with Gasteiger partial charge in [-0.2, -0.15) is 5.10 Å². The third kappa shape index (κ3) is 5.22.